The number of aromatic nitrogens is 2. The van der Waals surface area contributed by atoms with Gasteiger partial charge in [-0.3, -0.25) is 19.7 Å². The minimum Gasteiger partial charge on any atom is -0.481 e. The minimum atomic E-state index is -4.30. The van der Waals surface area contributed by atoms with Crippen molar-refractivity contribution in [2.45, 2.75) is 36.4 Å². The second kappa shape index (κ2) is 12.5. The van der Waals surface area contributed by atoms with Gasteiger partial charge in [-0.1, -0.05) is 12.1 Å². The molecule has 2 heterocycles. The van der Waals surface area contributed by atoms with Gasteiger partial charge in [-0.2, -0.15) is 4.72 Å². The lowest BCUT2D eigenvalue weighted by Gasteiger charge is -2.34. The van der Waals surface area contributed by atoms with E-state index in [0.29, 0.717) is 0 Å². The Morgan fingerprint density at radius 1 is 1.05 bits per heavy atom. The average molecular weight is 608 g/mol. The molecule has 1 saturated heterocycles. The van der Waals surface area contributed by atoms with Crippen LogP contribution in [0.15, 0.2) is 77.7 Å². The van der Waals surface area contributed by atoms with Crippen LogP contribution in [0.5, 0.6) is 0 Å². The number of nitro benzene ring substituents is 1. The lowest BCUT2D eigenvalue weighted by molar-refractivity contribution is -0.384. The molecule has 1 fully saturated rings. The molecule has 1 unspecified atom stereocenters. The maximum absolute atomic E-state index is 12.9. The fourth-order valence-electron chi connectivity index (χ4n) is 4.86. The van der Waals surface area contributed by atoms with Gasteiger partial charge >= 0.3 is 5.97 Å². The molecule has 4 aromatic rings. The van der Waals surface area contributed by atoms with Gasteiger partial charge in [0.25, 0.3) is 11.6 Å². The first-order valence-corrected chi connectivity index (χ1v) is 14.9. The van der Waals surface area contributed by atoms with Crippen LogP contribution in [-0.2, 0) is 14.8 Å². The van der Waals surface area contributed by atoms with Crippen LogP contribution in [0, 0.1) is 10.1 Å². The Bertz CT molecular complexity index is 1700. The number of hydrogen-bond donors (Lipinski definition) is 5. The Morgan fingerprint density at radius 3 is 2.35 bits per heavy atom. The van der Waals surface area contributed by atoms with E-state index < -0.39 is 39.4 Å². The topological polar surface area (TPSA) is 200 Å². The highest BCUT2D eigenvalue weighted by molar-refractivity contribution is 7.89. The van der Waals surface area contributed by atoms with Gasteiger partial charge in [-0.15, -0.1) is 0 Å². The highest BCUT2D eigenvalue weighted by atomic mass is 32.2. The number of nitrogens with zero attached hydrogens (tertiary/aromatic N) is 3. The second-order valence-electron chi connectivity index (χ2n) is 10.1. The Balaban J connectivity index is 1.17. The number of sulfonamides is 1. The minimum absolute atomic E-state index is 0.218. The lowest BCUT2D eigenvalue weighted by Crippen LogP contribution is -2.49. The van der Waals surface area contributed by atoms with Crippen LogP contribution in [0.25, 0.3) is 11.0 Å². The third-order valence-electron chi connectivity index (χ3n) is 7.06. The van der Waals surface area contributed by atoms with Crippen molar-refractivity contribution in [2.24, 2.45) is 0 Å². The summed E-state index contributed by atoms with van der Waals surface area (Å²) in [5, 5.41) is 26.0. The maximum atomic E-state index is 12.9. The molecule has 3 aromatic carbocycles. The van der Waals surface area contributed by atoms with Crippen LogP contribution in [0.4, 0.5) is 17.3 Å². The normalized spacial score (nSPS) is 14.7. The van der Waals surface area contributed by atoms with Crippen LogP contribution >= 0.6 is 0 Å². The van der Waals surface area contributed by atoms with Crippen molar-refractivity contribution in [3.05, 3.63) is 88.5 Å². The highest BCUT2D eigenvalue weighted by Gasteiger charge is 2.25. The smallest absolute Gasteiger partial charge is 0.306 e. The van der Waals surface area contributed by atoms with E-state index in [-0.39, 0.29) is 22.2 Å². The van der Waals surface area contributed by atoms with Crippen LogP contribution in [-0.4, -0.2) is 65.6 Å². The van der Waals surface area contributed by atoms with E-state index >= 15 is 0 Å². The maximum Gasteiger partial charge on any atom is 0.306 e. The summed E-state index contributed by atoms with van der Waals surface area (Å²) in [6, 6.07) is 18.9. The van der Waals surface area contributed by atoms with Gasteiger partial charge in [0.1, 0.15) is 6.17 Å². The Hall–Kier alpha value is -5.02. The van der Waals surface area contributed by atoms with Crippen molar-refractivity contribution in [1.82, 2.24) is 20.0 Å². The fraction of sp³-hybridized carbons (Fsp3) is 0.250. The number of carbonyl (C=O) groups is 2. The van der Waals surface area contributed by atoms with Gasteiger partial charge in [-0.05, 0) is 61.4 Å². The van der Waals surface area contributed by atoms with E-state index in [9.17, 15) is 33.2 Å². The molecule has 0 spiro atoms. The number of anilines is 2. The number of fused-ring (bicyclic) bond motifs is 1. The molecular formula is C28H29N7O7S. The molecule has 0 radical (unpaired) electrons. The standard InChI is InChI=1S/C28H29N7O7S/c36-26(37)17-25(33-43(41,42)22-11-9-21(10-12-22)35(39)40)32-27(38)18-5-7-20(8-6-18)34-15-13-19(14-16-34)29-28-30-23-3-1-2-4-24(23)31-28/h1-12,19,25,33H,13-17H2,(H,32,38)(H,36,37)(H2,29,30,31). The zero-order chi connectivity index (χ0) is 30.6. The highest BCUT2D eigenvalue weighted by Crippen LogP contribution is 2.23. The van der Waals surface area contributed by atoms with E-state index in [1.54, 1.807) is 24.3 Å². The number of piperidine rings is 1. The van der Waals surface area contributed by atoms with E-state index in [1.165, 1.54) is 0 Å². The summed E-state index contributed by atoms with van der Waals surface area (Å²) in [5.74, 6) is -1.27. The van der Waals surface area contributed by atoms with Crippen molar-refractivity contribution in [2.75, 3.05) is 23.3 Å². The number of non-ortho nitro benzene ring substituents is 1. The molecule has 15 heteroatoms. The zero-order valence-corrected chi connectivity index (χ0v) is 23.6. The fourth-order valence-corrected chi connectivity index (χ4v) is 6.01. The largest absolute Gasteiger partial charge is 0.481 e. The van der Waals surface area contributed by atoms with Gasteiger partial charge in [0, 0.05) is 42.5 Å². The van der Waals surface area contributed by atoms with Gasteiger partial charge in [0.15, 0.2) is 0 Å². The summed E-state index contributed by atoms with van der Waals surface area (Å²) in [5.41, 5.74) is 2.71. The molecule has 43 heavy (non-hydrogen) atoms. The van der Waals surface area contributed by atoms with Crippen molar-refractivity contribution < 1.29 is 28.0 Å². The molecule has 5 rings (SSSR count). The van der Waals surface area contributed by atoms with Gasteiger partial charge in [0.05, 0.1) is 27.3 Å². The van der Waals surface area contributed by atoms with Crippen LogP contribution in [0.1, 0.15) is 29.6 Å². The number of hydrogen-bond acceptors (Lipinski definition) is 9. The Labute approximate surface area is 246 Å². The number of aliphatic carboxylic acids is 1. The summed E-state index contributed by atoms with van der Waals surface area (Å²) >= 11 is 0. The first-order valence-electron chi connectivity index (χ1n) is 13.4. The van der Waals surface area contributed by atoms with E-state index in [0.717, 1.165) is 72.9 Å². The van der Waals surface area contributed by atoms with Crippen LogP contribution in [0.3, 0.4) is 0 Å². The molecule has 0 saturated carbocycles. The number of para-hydroxylation sites is 2. The SMILES string of the molecule is O=C(O)CC(NC(=O)c1ccc(N2CCC(Nc3nc4ccccc4[nH]3)CC2)cc1)NS(=O)(=O)c1ccc([N+](=O)[O-])cc1. The summed E-state index contributed by atoms with van der Waals surface area (Å²) in [4.78, 5) is 44.2. The molecule has 0 bridgehead atoms. The number of carbonyl (C=O) groups excluding carboxylic acids is 1. The summed E-state index contributed by atoms with van der Waals surface area (Å²) in [7, 11) is -4.30. The molecule has 1 atom stereocenters. The summed E-state index contributed by atoms with van der Waals surface area (Å²) < 4.78 is 27.7. The van der Waals surface area contributed by atoms with Gasteiger partial charge < -0.3 is 25.6 Å². The Morgan fingerprint density at radius 2 is 1.72 bits per heavy atom. The number of benzene rings is 3. The molecule has 1 aliphatic rings. The van der Waals surface area contributed by atoms with Crippen molar-refractivity contribution >= 4 is 50.3 Å². The van der Waals surface area contributed by atoms with E-state index in [2.05, 4.69) is 30.2 Å². The van der Waals surface area contributed by atoms with Crippen molar-refractivity contribution in [1.29, 1.82) is 0 Å². The van der Waals surface area contributed by atoms with Gasteiger partial charge in [0.2, 0.25) is 16.0 Å². The average Bonchev–Trinajstić information content (AvgIpc) is 3.39. The van der Waals surface area contributed by atoms with Crippen molar-refractivity contribution in [3.63, 3.8) is 0 Å². The number of H-pyrrole nitrogens is 1. The first kappa shape index (κ1) is 29.5. The first-order chi connectivity index (χ1) is 20.6. The molecule has 0 aliphatic carbocycles. The zero-order valence-electron chi connectivity index (χ0n) is 22.8. The van der Waals surface area contributed by atoms with Crippen LogP contribution < -0.4 is 20.3 Å². The van der Waals surface area contributed by atoms with E-state index in [4.69, 9.17) is 0 Å². The predicted octanol–water partition coefficient (Wildman–Crippen LogP) is 3.06. The molecule has 14 nitrogen and oxygen atoms in total. The second-order valence-corrected chi connectivity index (χ2v) is 11.8. The number of amides is 1. The number of carboxylic acids is 1. The summed E-state index contributed by atoms with van der Waals surface area (Å²) in [6.07, 6.45) is -0.438. The molecule has 1 aliphatic heterocycles. The number of rotatable bonds is 11. The number of nitrogens with one attached hydrogen (secondary N) is 4. The number of carboxylic acid groups (broad SMARTS) is 1. The predicted molar refractivity (Wildman–Crippen MR) is 158 cm³/mol. The number of imidazole rings is 1. The van der Waals surface area contributed by atoms with E-state index in [1.807, 2.05) is 24.3 Å². The molecular weight excluding hydrogens is 578 g/mol. The quantitative estimate of drug-likeness (QED) is 0.0959. The lowest BCUT2D eigenvalue weighted by atomic mass is 10.0. The molecule has 224 valence electrons. The third kappa shape index (κ3) is 7.25. The molecule has 1 amide bonds. The monoisotopic (exact) mass is 607 g/mol. The Kier molecular flexibility index (Phi) is 8.54. The number of nitro groups is 1. The van der Waals surface area contributed by atoms with Crippen molar-refractivity contribution in [3.8, 4) is 0 Å². The number of aromatic amines is 1. The van der Waals surface area contributed by atoms with Gasteiger partial charge in [-0.25, -0.2) is 13.4 Å². The third-order valence-corrected chi connectivity index (χ3v) is 8.55. The summed E-state index contributed by atoms with van der Waals surface area (Å²) in [6.45, 7) is 1.57. The molecule has 1 aromatic heterocycles. The molecule has 5 N–H and O–H groups in total. The van der Waals surface area contributed by atoms with Crippen LogP contribution in [0.2, 0.25) is 0 Å².